The number of carbonyl (C=O) groups is 2. The predicted octanol–water partition coefficient (Wildman–Crippen LogP) is 3.47. The van der Waals surface area contributed by atoms with Gasteiger partial charge in [0.15, 0.2) is 0 Å². The number of carbonyl (C=O) groups excluding carboxylic acids is 2. The summed E-state index contributed by atoms with van der Waals surface area (Å²) in [6.07, 6.45) is 0.437. The molecule has 2 fully saturated rings. The first-order valence-corrected chi connectivity index (χ1v) is 12.6. The Morgan fingerprint density at radius 1 is 1.00 bits per heavy atom. The van der Waals surface area contributed by atoms with Gasteiger partial charge in [0.1, 0.15) is 11.9 Å². The molecule has 0 aromatic heterocycles. The zero-order valence-corrected chi connectivity index (χ0v) is 19.1. The van der Waals surface area contributed by atoms with Gasteiger partial charge in [-0.25, -0.2) is 0 Å². The lowest BCUT2D eigenvalue weighted by Gasteiger charge is -2.45. The predicted molar refractivity (Wildman–Crippen MR) is 119 cm³/mol. The molecule has 0 bridgehead atoms. The van der Waals surface area contributed by atoms with Crippen LogP contribution in [0.2, 0.25) is 5.04 Å². The Morgan fingerprint density at radius 2 is 1.53 bits per heavy atom. The Bertz CT molecular complexity index is 880. The molecule has 30 heavy (non-hydrogen) atoms. The number of ether oxygens (including phenoxy) is 1. The molecule has 0 unspecified atom stereocenters. The van der Waals surface area contributed by atoms with Crippen molar-refractivity contribution < 1.29 is 18.8 Å². The van der Waals surface area contributed by atoms with Gasteiger partial charge in [-0.05, 0) is 22.3 Å². The molecule has 5 heteroatoms. The number of esters is 1. The van der Waals surface area contributed by atoms with Gasteiger partial charge < -0.3 is 9.16 Å². The van der Waals surface area contributed by atoms with E-state index in [1.807, 2.05) is 12.1 Å². The van der Waals surface area contributed by atoms with Gasteiger partial charge in [-0.2, -0.15) is 0 Å². The number of hydrogen-bond acceptors (Lipinski definition) is 4. The maximum Gasteiger partial charge on any atom is 0.306 e. The molecule has 1 heterocycles. The third-order valence-electron chi connectivity index (χ3n) is 6.70. The summed E-state index contributed by atoms with van der Waals surface area (Å²) >= 11 is 0. The van der Waals surface area contributed by atoms with E-state index in [1.54, 1.807) is 6.92 Å². The van der Waals surface area contributed by atoms with Crippen molar-refractivity contribution in [2.45, 2.75) is 57.8 Å². The largest absolute Gasteiger partial charge is 0.462 e. The minimum absolute atomic E-state index is 0.0711. The average Bonchev–Trinajstić information content (AvgIpc) is 3.21. The van der Waals surface area contributed by atoms with E-state index in [-0.39, 0.29) is 40.8 Å². The van der Waals surface area contributed by atoms with E-state index in [9.17, 15) is 9.59 Å². The molecule has 1 saturated heterocycles. The summed E-state index contributed by atoms with van der Waals surface area (Å²) in [6, 6.07) is 20.9. The van der Waals surface area contributed by atoms with Crippen molar-refractivity contribution in [3.63, 3.8) is 0 Å². The molecule has 158 valence electrons. The molecule has 2 aliphatic rings. The molecule has 2 aromatic carbocycles. The lowest BCUT2D eigenvalue weighted by molar-refractivity contribution is -0.141. The lowest BCUT2D eigenvalue weighted by Crippen LogP contribution is -2.68. The van der Waals surface area contributed by atoms with Crippen molar-refractivity contribution >= 4 is 30.4 Å². The van der Waals surface area contributed by atoms with Gasteiger partial charge in [0, 0.05) is 18.3 Å². The number of ketones is 1. The van der Waals surface area contributed by atoms with Crippen LogP contribution in [0.3, 0.4) is 0 Å². The molecule has 0 radical (unpaired) electrons. The molecule has 1 aliphatic carbocycles. The second-order valence-electron chi connectivity index (χ2n) is 9.59. The number of benzene rings is 2. The van der Waals surface area contributed by atoms with Crippen LogP contribution in [0.25, 0.3) is 0 Å². The topological polar surface area (TPSA) is 52.6 Å². The van der Waals surface area contributed by atoms with E-state index in [2.05, 4.69) is 69.3 Å². The standard InChI is InChI=1S/C25H30O4Si/c1-17(26)24-20-15-23(27)28-21(20)16-22(24)29-30(25(2,3)4,18-11-7-5-8-12-18)19-13-9-6-10-14-19/h5-14,20-22,24H,15-16H2,1-4H3/t20-,21-,22+,24+/m0/s1. The van der Waals surface area contributed by atoms with Crippen LogP contribution in [0, 0.1) is 11.8 Å². The minimum Gasteiger partial charge on any atom is -0.462 e. The van der Waals surface area contributed by atoms with Gasteiger partial charge >= 0.3 is 5.97 Å². The molecule has 4 nitrogen and oxygen atoms in total. The monoisotopic (exact) mass is 422 g/mol. The van der Waals surface area contributed by atoms with Gasteiger partial charge in [0.25, 0.3) is 8.32 Å². The summed E-state index contributed by atoms with van der Waals surface area (Å²) in [5.41, 5.74) is 0. The van der Waals surface area contributed by atoms with E-state index < -0.39 is 8.32 Å². The first-order chi connectivity index (χ1) is 14.2. The number of hydrogen-bond donors (Lipinski definition) is 0. The maximum absolute atomic E-state index is 12.7. The van der Waals surface area contributed by atoms with Crippen molar-refractivity contribution in [3.8, 4) is 0 Å². The third-order valence-corrected chi connectivity index (χ3v) is 11.8. The third kappa shape index (κ3) is 3.44. The van der Waals surface area contributed by atoms with Gasteiger partial charge in [-0.15, -0.1) is 0 Å². The summed E-state index contributed by atoms with van der Waals surface area (Å²) in [5.74, 6) is -0.481. The van der Waals surface area contributed by atoms with Crippen molar-refractivity contribution in [2.75, 3.05) is 0 Å². The van der Waals surface area contributed by atoms with Crippen molar-refractivity contribution in [1.29, 1.82) is 0 Å². The van der Waals surface area contributed by atoms with Gasteiger partial charge in [-0.3, -0.25) is 9.59 Å². The van der Waals surface area contributed by atoms with Crippen LogP contribution in [0.15, 0.2) is 60.7 Å². The Hall–Kier alpha value is -2.24. The smallest absolute Gasteiger partial charge is 0.306 e. The van der Waals surface area contributed by atoms with Crippen LogP contribution in [-0.4, -0.2) is 32.3 Å². The quantitative estimate of drug-likeness (QED) is 0.547. The maximum atomic E-state index is 12.7. The molecule has 0 N–H and O–H groups in total. The highest BCUT2D eigenvalue weighted by Gasteiger charge is 2.58. The van der Waals surface area contributed by atoms with Gasteiger partial charge in [-0.1, -0.05) is 81.4 Å². The molecule has 4 rings (SSSR count). The Labute approximate surface area is 179 Å². The highest BCUT2D eigenvalue weighted by atomic mass is 28.4. The van der Waals surface area contributed by atoms with E-state index in [1.165, 1.54) is 10.4 Å². The minimum atomic E-state index is -2.76. The summed E-state index contributed by atoms with van der Waals surface area (Å²) in [7, 11) is -2.76. The second kappa shape index (κ2) is 7.78. The van der Waals surface area contributed by atoms with E-state index in [4.69, 9.17) is 9.16 Å². The first-order valence-electron chi connectivity index (χ1n) is 10.7. The Kier molecular flexibility index (Phi) is 5.45. The molecule has 4 atom stereocenters. The fourth-order valence-corrected chi connectivity index (χ4v) is 10.2. The molecule has 2 aromatic rings. The Balaban J connectivity index is 1.83. The first kappa shape index (κ1) is 21.0. The van der Waals surface area contributed by atoms with E-state index >= 15 is 0 Å². The molecule has 0 spiro atoms. The Morgan fingerprint density at radius 3 is 2.00 bits per heavy atom. The lowest BCUT2D eigenvalue weighted by atomic mass is 9.89. The highest BCUT2D eigenvalue weighted by molar-refractivity contribution is 6.99. The van der Waals surface area contributed by atoms with Crippen molar-refractivity contribution in [2.24, 2.45) is 11.8 Å². The van der Waals surface area contributed by atoms with Crippen LogP contribution < -0.4 is 10.4 Å². The fraction of sp³-hybridized carbons (Fsp3) is 0.440. The van der Waals surface area contributed by atoms with Gasteiger partial charge in [0.05, 0.1) is 12.5 Å². The van der Waals surface area contributed by atoms with Crippen LogP contribution in [-0.2, 0) is 18.8 Å². The van der Waals surface area contributed by atoms with Crippen LogP contribution >= 0.6 is 0 Å². The zero-order valence-electron chi connectivity index (χ0n) is 18.1. The number of fused-ring (bicyclic) bond motifs is 1. The van der Waals surface area contributed by atoms with Crippen molar-refractivity contribution in [3.05, 3.63) is 60.7 Å². The summed E-state index contributed by atoms with van der Waals surface area (Å²) in [6.45, 7) is 8.32. The SMILES string of the molecule is CC(=O)[C@@H]1[C@H]2CC(=O)O[C@H]2C[C@H]1O[Si](c1ccccc1)(c1ccccc1)C(C)(C)C. The highest BCUT2D eigenvalue weighted by Crippen LogP contribution is 2.46. The molecule has 1 aliphatic heterocycles. The number of rotatable bonds is 5. The molecule has 0 amide bonds. The molecular formula is C25H30O4Si. The van der Waals surface area contributed by atoms with Crippen LogP contribution in [0.4, 0.5) is 0 Å². The van der Waals surface area contributed by atoms with E-state index in [0.29, 0.717) is 12.8 Å². The van der Waals surface area contributed by atoms with Crippen molar-refractivity contribution in [1.82, 2.24) is 0 Å². The average molecular weight is 423 g/mol. The van der Waals surface area contributed by atoms with E-state index in [0.717, 1.165) is 0 Å². The number of Topliss-reactive ketones (excluding diaryl/α,β-unsaturated/α-hetero) is 1. The molecular weight excluding hydrogens is 392 g/mol. The van der Waals surface area contributed by atoms with Gasteiger partial charge in [0.2, 0.25) is 0 Å². The molecule has 1 saturated carbocycles. The summed E-state index contributed by atoms with van der Waals surface area (Å²) in [4.78, 5) is 24.5. The van der Waals surface area contributed by atoms with Crippen LogP contribution in [0.5, 0.6) is 0 Å². The van der Waals surface area contributed by atoms with Crippen LogP contribution in [0.1, 0.15) is 40.5 Å². The summed E-state index contributed by atoms with van der Waals surface area (Å²) in [5, 5.41) is 2.23. The normalized spacial score (nSPS) is 26.3. The zero-order chi connectivity index (χ0) is 21.5. The second-order valence-corrected chi connectivity index (χ2v) is 13.8. The fourth-order valence-electron chi connectivity index (χ4n) is 5.46. The summed E-state index contributed by atoms with van der Waals surface area (Å²) < 4.78 is 12.8.